The molecule has 1 aliphatic heterocycles. The number of likely N-dealkylation sites (tertiary alicyclic amines) is 1. The van der Waals surface area contributed by atoms with Gasteiger partial charge >= 0.3 is 6.09 Å². The number of sulfonamides is 1. The van der Waals surface area contributed by atoms with Crippen LogP contribution in [-0.4, -0.2) is 83.2 Å². The highest BCUT2D eigenvalue weighted by Crippen LogP contribution is 2.49. The Morgan fingerprint density at radius 1 is 1.13 bits per heavy atom. The topological polar surface area (TPSA) is 173 Å². The molecule has 1 saturated heterocycles. The maximum atomic E-state index is 14.6. The zero-order valence-electron chi connectivity index (χ0n) is 30.8. The Morgan fingerprint density at radius 2 is 1.85 bits per heavy atom. The van der Waals surface area contributed by atoms with Gasteiger partial charge in [-0.3, -0.25) is 24.1 Å². The Hall–Kier alpha value is -3.91. The van der Waals surface area contributed by atoms with Crippen LogP contribution in [0.15, 0.2) is 43.1 Å². The molecule has 4 amide bonds. The maximum absolute atomic E-state index is 14.6. The molecule has 3 N–H and O–H groups in total. The number of carbonyl (C=O) groups is 4. The first-order valence-electron chi connectivity index (χ1n) is 18.5. The monoisotopic (exact) mass is 771 g/mol. The number of halogens is 1. The summed E-state index contributed by atoms with van der Waals surface area (Å²) in [7, 11) is -4.01. The third-order valence-corrected chi connectivity index (χ3v) is 13.6. The Bertz CT molecular complexity index is 1890. The Labute approximate surface area is 316 Å². The van der Waals surface area contributed by atoms with E-state index in [4.69, 9.17) is 21.1 Å². The first-order valence-corrected chi connectivity index (χ1v) is 20.4. The van der Waals surface area contributed by atoms with Crippen LogP contribution in [0.3, 0.4) is 0 Å². The highest BCUT2D eigenvalue weighted by Gasteiger charge is 2.63. The summed E-state index contributed by atoms with van der Waals surface area (Å²) in [6.07, 6.45) is 7.13. The number of pyridine rings is 1. The molecule has 6 rings (SSSR count). The molecule has 288 valence electrons. The summed E-state index contributed by atoms with van der Waals surface area (Å²) in [6.45, 7) is 11.1. The summed E-state index contributed by atoms with van der Waals surface area (Å²) >= 11 is 6.20. The number of hydrogen-bond donors (Lipinski definition) is 3. The summed E-state index contributed by atoms with van der Waals surface area (Å²) in [5.41, 5.74) is -1.74. The lowest BCUT2D eigenvalue weighted by molar-refractivity contribution is -0.143. The molecule has 3 aliphatic carbocycles. The fraction of sp³-hybridized carbons (Fsp3) is 0.605. The van der Waals surface area contributed by atoms with Crippen molar-refractivity contribution in [1.29, 1.82) is 0 Å². The van der Waals surface area contributed by atoms with Gasteiger partial charge in [0.05, 0.1) is 16.8 Å². The average Bonchev–Trinajstić information content (AvgIpc) is 3.91. The van der Waals surface area contributed by atoms with Crippen molar-refractivity contribution in [2.45, 2.75) is 126 Å². The van der Waals surface area contributed by atoms with Crippen LogP contribution >= 0.6 is 11.6 Å². The van der Waals surface area contributed by atoms with Crippen molar-refractivity contribution in [3.8, 4) is 5.75 Å². The fourth-order valence-corrected chi connectivity index (χ4v) is 9.70. The zero-order valence-corrected chi connectivity index (χ0v) is 32.4. The highest BCUT2D eigenvalue weighted by atomic mass is 35.5. The number of rotatable bonds is 13. The molecule has 1 aromatic carbocycles. The number of aromatic nitrogens is 1. The van der Waals surface area contributed by atoms with Gasteiger partial charge in [0.2, 0.25) is 21.8 Å². The first-order chi connectivity index (χ1) is 25.0. The van der Waals surface area contributed by atoms with Crippen molar-refractivity contribution in [1.82, 2.24) is 25.2 Å². The van der Waals surface area contributed by atoms with Crippen LogP contribution in [0, 0.1) is 11.3 Å². The molecule has 5 atom stereocenters. The van der Waals surface area contributed by atoms with Gasteiger partial charge in [0.1, 0.15) is 35.6 Å². The van der Waals surface area contributed by atoms with Gasteiger partial charge in [-0.2, -0.15) is 0 Å². The molecular weight excluding hydrogens is 722 g/mol. The maximum Gasteiger partial charge on any atom is 0.408 e. The molecule has 2 aromatic rings. The Kier molecular flexibility index (Phi) is 10.8. The van der Waals surface area contributed by atoms with Gasteiger partial charge in [-0.1, -0.05) is 51.8 Å². The van der Waals surface area contributed by atoms with E-state index in [0.29, 0.717) is 47.4 Å². The molecule has 4 fully saturated rings. The van der Waals surface area contributed by atoms with Gasteiger partial charge in [0, 0.05) is 28.9 Å². The molecule has 0 bridgehead atoms. The molecule has 0 radical (unpaired) electrons. The Morgan fingerprint density at radius 3 is 2.47 bits per heavy atom. The molecule has 53 heavy (non-hydrogen) atoms. The van der Waals surface area contributed by atoms with Gasteiger partial charge in [-0.25, -0.2) is 13.2 Å². The molecule has 3 saturated carbocycles. The number of alkyl carbamates (subject to hydrolysis) is 1. The molecular formula is C38H50ClN5O8S. The number of ether oxygens (including phenoxy) is 2. The number of amides is 4. The van der Waals surface area contributed by atoms with Gasteiger partial charge in [0.25, 0.3) is 5.91 Å². The Balaban J connectivity index is 1.27. The minimum atomic E-state index is -4.01. The largest absolute Gasteiger partial charge is 0.488 e. The number of hydrogen-bond acceptors (Lipinski definition) is 9. The number of carbonyl (C=O) groups excluding carboxylic acids is 4. The zero-order chi connectivity index (χ0) is 38.3. The van der Waals surface area contributed by atoms with Crippen LogP contribution in [-0.2, 0) is 29.1 Å². The van der Waals surface area contributed by atoms with E-state index in [1.54, 1.807) is 30.5 Å². The lowest BCUT2D eigenvalue weighted by Crippen LogP contribution is -2.60. The van der Waals surface area contributed by atoms with Crippen LogP contribution < -0.4 is 20.1 Å². The number of nitrogens with zero attached hydrogens (tertiary/aromatic N) is 2. The minimum absolute atomic E-state index is 0.0156. The number of benzene rings is 1. The van der Waals surface area contributed by atoms with Crippen LogP contribution in [0.4, 0.5) is 4.79 Å². The summed E-state index contributed by atoms with van der Waals surface area (Å²) in [5, 5.41) is 6.80. The summed E-state index contributed by atoms with van der Waals surface area (Å²) in [6, 6.07) is 4.69. The smallest absolute Gasteiger partial charge is 0.408 e. The lowest BCUT2D eigenvalue weighted by Gasteiger charge is -2.35. The first kappa shape index (κ1) is 38.8. The summed E-state index contributed by atoms with van der Waals surface area (Å²) in [4.78, 5) is 61.5. The predicted molar refractivity (Wildman–Crippen MR) is 200 cm³/mol. The second-order valence-electron chi connectivity index (χ2n) is 16.1. The molecule has 2 heterocycles. The van der Waals surface area contributed by atoms with E-state index in [1.807, 2.05) is 27.7 Å². The van der Waals surface area contributed by atoms with E-state index in [9.17, 15) is 27.6 Å². The molecule has 15 heteroatoms. The molecule has 13 nitrogen and oxygen atoms in total. The van der Waals surface area contributed by atoms with E-state index in [-0.39, 0.29) is 25.5 Å². The third-order valence-electron chi connectivity index (χ3n) is 11.1. The molecule has 1 aromatic heterocycles. The summed E-state index contributed by atoms with van der Waals surface area (Å²) < 4.78 is 40.1. The lowest BCUT2D eigenvalue weighted by atomic mass is 9.85. The second kappa shape index (κ2) is 14.7. The van der Waals surface area contributed by atoms with Gasteiger partial charge in [0.15, 0.2) is 0 Å². The average molecular weight is 772 g/mol. The predicted octanol–water partition coefficient (Wildman–Crippen LogP) is 5.16. The third kappa shape index (κ3) is 7.99. The molecule has 0 spiro atoms. The SMILES string of the molecule is C=C[C@H]1CC1(NC(=O)[C@@H]1C[C@@H](Oc2ccnc3cc(Cl)ccc23)CN1C(=O)[C@@H](NC(=O)OC1CCCC1)C(C)(C)C)C(=O)NS(=O)(=O)C1(CCC)CC1. The second-order valence-corrected chi connectivity index (χ2v) is 18.6. The quantitative estimate of drug-likeness (QED) is 0.233. The number of nitrogens with one attached hydrogen (secondary N) is 3. The normalized spacial score (nSPS) is 25.7. The van der Waals surface area contributed by atoms with Gasteiger partial charge < -0.3 is 25.0 Å². The van der Waals surface area contributed by atoms with E-state index in [0.717, 1.165) is 25.7 Å². The van der Waals surface area contributed by atoms with Gasteiger partial charge in [-0.15, -0.1) is 6.58 Å². The highest BCUT2D eigenvalue weighted by molar-refractivity contribution is 7.91. The van der Waals surface area contributed by atoms with Crippen LogP contribution in [0.25, 0.3) is 10.9 Å². The van der Waals surface area contributed by atoms with E-state index in [1.165, 1.54) is 11.0 Å². The number of fused-ring (bicyclic) bond motifs is 1. The van der Waals surface area contributed by atoms with Crippen molar-refractivity contribution in [2.75, 3.05) is 6.54 Å². The van der Waals surface area contributed by atoms with Crippen molar-refractivity contribution in [2.24, 2.45) is 11.3 Å². The van der Waals surface area contributed by atoms with Crippen molar-refractivity contribution in [3.05, 3.63) is 48.1 Å². The van der Waals surface area contributed by atoms with Crippen LogP contribution in [0.5, 0.6) is 5.75 Å². The molecule has 4 aliphatic rings. The van der Waals surface area contributed by atoms with E-state index < -0.39 is 73.6 Å². The standard InChI is InChI=1S/C38H50ClN5O8S/c1-6-15-37(16-17-37)53(49,50)43-34(47)38(21-23(38)7-2)42-32(45)29-20-26(51-30-14-18-40-28-19-24(39)12-13-27(28)30)22-44(29)33(46)31(36(3,4)5)41-35(48)52-25-10-8-9-11-25/h7,12-14,18-19,23,25-26,29,31H,2,6,8-11,15-17,20-22H2,1,3-5H3,(H,41,48)(H,42,45)(H,43,47)/t23-,26+,29-,31+,38?/m0/s1. The van der Waals surface area contributed by atoms with Crippen molar-refractivity contribution in [3.63, 3.8) is 0 Å². The van der Waals surface area contributed by atoms with Crippen molar-refractivity contribution >= 4 is 56.3 Å². The molecule has 1 unspecified atom stereocenters. The van der Waals surface area contributed by atoms with E-state index >= 15 is 0 Å². The van der Waals surface area contributed by atoms with E-state index in [2.05, 4.69) is 26.9 Å². The minimum Gasteiger partial charge on any atom is -0.488 e. The van der Waals surface area contributed by atoms with Crippen molar-refractivity contribution < 1.29 is 37.1 Å². The van der Waals surface area contributed by atoms with Gasteiger partial charge in [-0.05, 0) is 81.0 Å². The fourth-order valence-electron chi connectivity index (χ4n) is 7.78. The summed E-state index contributed by atoms with van der Waals surface area (Å²) in [5.74, 6) is -2.04. The van der Waals surface area contributed by atoms with Crippen LogP contribution in [0.2, 0.25) is 5.02 Å². The van der Waals surface area contributed by atoms with Crippen LogP contribution in [0.1, 0.15) is 91.9 Å².